The zero-order chi connectivity index (χ0) is 31.6. The lowest BCUT2D eigenvalue weighted by Gasteiger charge is -2.39. The maximum absolute atomic E-state index is 12.5. The molecule has 1 saturated heterocycles. The van der Waals surface area contributed by atoms with E-state index < -0.39 is 11.6 Å². The van der Waals surface area contributed by atoms with Gasteiger partial charge in [0.15, 0.2) is 5.78 Å². The van der Waals surface area contributed by atoms with E-state index in [1.165, 1.54) is 0 Å². The molecule has 0 amide bonds. The highest BCUT2D eigenvalue weighted by atomic mass is 16.5. The summed E-state index contributed by atoms with van der Waals surface area (Å²) in [4.78, 5) is 28.9. The number of H-pyrrole nitrogens is 1. The third kappa shape index (κ3) is 7.54. The lowest BCUT2D eigenvalue weighted by molar-refractivity contribution is -0.0252. The Morgan fingerprint density at radius 2 is 1.95 bits per heavy atom. The number of likely N-dealkylation sites (tertiary alicyclic amines) is 1. The van der Waals surface area contributed by atoms with Crippen LogP contribution < -0.4 is 10.5 Å². The fourth-order valence-electron chi connectivity index (χ4n) is 6.77. The molecular formula is C34H47N3O7. The molecule has 2 atom stereocenters. The molecule has 2 aliphatic carbocycles. The van der Waals surface area contributed by atoms with Crippen molar-refractivity contribution in [2.24, 2.45) is 17.1 Å². The molecule has 6 rings (SSSR count). The lowest BCUT2D eigenvalue weighted by atomic mass is 9.76. The van der Waals surface area contributed by atoms with Crippen LogP contribution in [-0.4, -0.2) is 74.3 Å². The van der Waals surface area contributed by atoms with Crippen molar-refractivity contribution in [3.05, 3.63) is 53.1 Å². The molecule has 44 heavy (non-hydrogen) atoms. The van der Waals surface area contributed by atoms with Crippen molar-refractivity contribution in [1.29, 1.82) is 0 Å². The van der Waals surface area contributed by atoms with Crippen LogP contribution in [0.2, 0.25) is 0 Å². The highest BCUT2D eigenvalue weighted by Crippen LogP contribution is 2.38. The second kappa shape index (κ2) is 13.0. The molecule has 240 valence electrons. The van der Waals surface area contributed by atoms with Crippen molar-refractivity contribution in [3.63, 3.8) is 0 Å². The van der Waals surface area contributed by atoms with Crippen LogP contribution in [0.5, 0.6) is 5.75 Å². The van der Waals surface area contributed by atoms with Crippen molar-refractivity contribution >= 4 is 22.7 Å². The van der Waals surface area contributed by atoms with Gasteiger partial charge >= 0.3 is 5.97 Å². The molecule has 3 aromatic rings. The number of benzene rings is 1. The minimum atomic E-state index is -1.02. The van der Waals surface area contributed by atoms with E-state index >= 15 is 0 Å². The Morgan fingerprint density at radius 1 is 1.20 bits per heavy atom. The smallest absolute Gasteiger partial charge is 0.352 e. The van der Waals surface area contributed by atoms with Crippen molar-refractivity contribution in [2.45, 2.75) is 96.5 Å². The Morgan fingerprint density at radius 3 is 2.66 bits per heavy atom. The first-order valence-electron chi connectivity index (χ1n) is 15.8. The predicted molar refractivity (Wildman–Crippen MR) is 167 cm³/mol. The molecule has 0 radical (unpaired) electrons. The van der Waals surface area contributed by atoms with E-state index in [-0.39, 0.29) is 35.6 Å². The van der Waals surface area contributed by atoms with Crippen molar-refractivity contribution in [3.8, 4) is 5.75 Å². The van der Waals surface area contributed by atoms with Crippen molar-refractivity contribution < 1.29 is 34.1 Å². The third-order valence-corrected chi connectivity index (χ3v) is 9.54. The van der Waals surface area contributed by atoms with Gasteiger partial charge in [-0.25, -0.2) is 4.79 Å². The summed E-state index contributed by atoms with van der Waals surface area (Å²) in [6, 6.07) is 7.19. The number of hydrogen-bond acceptors (Lipinski definition) is 8. The van der Waals surface area contributed by atoms with Crippen LogP contribution >= 0.6 is 0 Å². The first-order valence-corrected chi connectivity index (χ1v) is 15.8. The molecule has 2 fully saturated rings. The molecule has 1 aliphatic heterocycles. The number of hydrogen-bond donors (Lipinski definition) is 5. The molecule has 6 N–H and O–H groups in total. The minimum absolute atomic E-state index is 0.0802. The summed E-state index contributed by atoms with van der Waals surface area (Å²) in [7, 11) is 0. The molecule has 1 saturated carbocycles. The van der Waals surface area contributed by atoms with Gasteiger partial charge in [-0.2, -0.15) is 0 Å². The number of aliphatic hydroxyl groups excluding tert-OH is 1. The maximum atomic E-state index is 12.5. The number of rotatable bonds is 7. The zero-order valence-corrected chi connectivity index (χ0v) is 26.1. The Balaban J connectivity index is 0.000000187. The number of fused-ring (bicyclic) bond motifs is 2. The minimum Gasteiger partial charge on any atom is -0.488 e. The van der Waals surface area contributed by atoms with Crippen LogP contribution in [0.3, 0.4) is 0 Å². The number of furan rings is 1. The van der Waals surface area contributed by atoms with Crippen molar-refractivity contribution in [1.82, 2.24) is 9.88 Å². The summed E-state index contributed by atoms with van der Waals surface area (Å²) >= 11 is 0. The zero-order valence-electron chi connectivity index (χ0n) is 26.1. The van der Waals surface area contributed by atoms with Crippen LogP contribution in [0.25, 0.3) is 10.9 Å². The average Bonchev–Trinajstić information content (AvgIpc) is 3.59. The largest absolute Gasteiger partial charge is 0.488 e. The maximum Gasteiger partial charge on any atom is 0.352 e. The molecule has 10 heteroatoms. The highest BCUT2D eigenvalue weighted by molar-refractivity contribution is 6.00. The van der Waals surface area contributed by atoms with E-state index in [1.54, 1.807) is 30.5 Å². The second-order valence-electron chi connectivity index (χ2n) is 13.9. The molecule has 0 unspecified atom stereocenters. The van der Waals surface area contributed by atoms with E-state index in [0.717, 1.165) is 75.9 Å². The average molecular weight is 610 g/mol. The number of nitrogens with one attached hydrogen (secondary N) is 1. The number of carboxylic acid groups (broad SMARTS) is 1. The molecule has 2 aromatic heterocycles. The van der Waals surface area contributed by atoms with Gasteiger partial charge in [0.1, 0.15) is 23.8 Å². The van der Waals surface area contributed by atoms with Gasteiger partial charge in [-0.15, -0.1) is 0 Å². The molecule has 3 heterocycles. The normalized spacial score (nSPS) is 27.0. The summed E-state index contributed by atoms with van der Waals surface area (Å²) < 4.78 is 11.5. The van der Waals surface area contributed by atoms with Crippen LogP contribution in [0.4, 0.5) is 0 Å². The molecule has 1 aromatic carbocycles. The summed E-state index contributed by atoms with van der Waals surface area (Å²) in [5.74, 6) is 0.691. The number of nitrogens with zero attached hydrogens (tertiary/aromatic N) is 1. The quantitative estimate of drug-likeness (QED) is 0.251. The Labute approximate surface area is 258 Å². The van der Waals surface area contributed by atoms with E-state index in [9.17, 15) is 19.8 Å². The summed E-state index contributed by atoms with van der Waals surface area (Å²) in [5.41, 5.74) is 7.45. The van der Waals surface area contributed by atoms with Crippen LogP contribution in [0.15, 0.2) is 34.9 Å². The Bertz CT molecular complexity index is 1470. The standard InChI is InChI=1S/C20H19NO5.C14H28N2O2/c1-20(2)7-15(22)18-11(10-26-17(18)8-20)9-25-16-5-3-4-13-12(16)6-14(21-13)19(23)24;1-11-10-16(8-4-13(11)17)9-7-14(18)5-2-12(15)3-6-14/h3-6,10,21H,7-9H2,1-2H3,(H,23,24);11-13,17-18H,2-10,15H2,1H3/t;11-,12?,13-,14?/m.0/s1. The number of Topliss-reactive ketones (excluding diaryl/α,β-unsaturated/α-hetero) is 1. The number of aromatic nitrogens is 1. The Kier molecular flexibility index (Phi) is 9.55. The number of nitrogens with two attached hydrogens (primary N) is 1. The Hall–Kier alpha value is -3.18. The first kappa shape index (κ1) is 32.2. The summed E-state index contributed by atoms with van der Waals surface area (Å²) in [6.45, 7) is 9.27. The first-order chi connectivity index (χ1) is 20.8. The molecule has 3 aliphatic rings. The van der Waals surface area contributed by atoms with E-state index in [2.05, 4.69) is 30.7 Å². The molecule has 0 bridgehead atoms. The van der Waals surface area contributed by atoms with E-state index in [0.29, 0.717) is 34.6 Å². The van der Waals surface area contributed by atoms with Crippen LogP contribution in [0, 0.1) is 11.3 Å². The summed E-state index contributed by atoms with van der Waals surface area (Å²) in [6.07, 6.45) is 7.97. The van der Waals surface area contributed by atoms with Gasteiger partial charge in [0, 0.05) is 55.0 Å². The fourth-order valence-corrected chi connectivity index (χ4v) is 6.77. The number of carbonyl (C=O) groups is 2. The SMILES string of the molecule is CC1(C)CC(=O)c2c(COc3cccc4[nH]c(C(=O)O)cc34)coc2C1.C[C@H]1CN(CCC2(O)CCC(N)CC2)CC[C@@H]1O. The van der Waals surface area contributed by atoms with Gasteiger partial charge in [-0.1, -0.05) is 26.8 Å². The highest BCUT2D eigenvalue weighted by Gasteiger charge is 2.36. The van der Waals surface area contributed by atoms with Gasteiger partial charge < -0.3 is 40.1 Å². The van der Waals surface area contributed by atoms with Crippen molar-refractivity contribution in [2.75, 3.05) is 19.6 Å². The van der Waals surface area contributed by atoms with Gasteiger partial charge in [0.25, 0.3) is 0 Å². The number of aromatic carboxylic acids is 1. The van der Waals surface area contributed by atoms with E-state index in [1.807, 2.05) is 0 Å². The molecule has 10 nitrogen and oxygen atoms in total. The van der Waals surface area contributed by atoms with Crippen LogP contribution in [0.1, 0.15) is 97.9 Å². The molecule has 0 spiro atoms. The van der Waals surface area contributed by atoms with Gasteiger partial charge in [0.05, 0.1) is 23.5 Å². The molecular weight excluding hydrogens is 562 g/mol. The number of carbonyl (C=O) groups excluding carboxylic acids is 1. The predicted octanol–water partition coefficient (Wildman–Crippen LogP) is 4.90. The number of ether oxygens (including phenoxy) is 1. The number of ketones is 1. The van der Waals surface area contributed by atoms with Gasteiger partial charge in [-0.3, -0.25) is 4.79 Å². The van der Waals surface area contributed by atoms with Gasteiger partial charge in [0.2, 0.25) is 0 Å². The fraction of sp³-hybridized carbons (Fsp3) is 0.588. The monoisotopic (exact) mass is 609 g/mol. The van der Waals surface area contributed by atoms with E-state index in [4.69, 9.17) is 20.0 Å². The number of aliphatic hydroxyl groups is 2. The summed E-state index contributed by atoms with van der Waals surface area (Å²) in [5, 5.41) is 30.0. The second-order valence-corrected chi connectivity index (χ2v) is 13.9. The van der Waals surface area contributed by atoms with Gasteiger partial charge in [-0.05, 0) is 68.1 Å². The van der Waals surface area contributed by atoms with Crippen LogP contribution in [-0.2, 0) is 13.0 Å². The topological polar surface area (TPSA) is 162 Å². The number of aromatic amines is 1. The lowest BCUT2D eigenvalue weighted by Crippen LogP contribution is -2.45. The third-order valence-electron chi connectivity index (χ3n) is 9.54. The number of piperidine rings is 1. The number of carboxylic acids is 1.